The number of hydrogen-bond acceptors (Lipinski definition) is 3. The van der Waals surface area contributed by atoms with Crippen LogP contribution in [0.4, 0.5) is 0 Å². The molecule has 4 nitrogen and oxygen atoms in total. The number of rotatable bonds is 6. The highest BCUT2D eigenvalue weighted by Gasteiger charge is 2.07. The molecule has 0 amide bonds. The summed E-state index contributed by atoms with van der Waals surface area (Å²) in [4.78, 5) is 0. The highest BCUT2D eigenvalue weighted by atomic mass is 79.9. The molecule has 0 saturated carbocycles. The molecule has 0 fully saturated rings. The van der Waals surface area contributed by atoms with Crippen LogP contribution < -0.4 is 5.32 Å². The van der Waals surface area contributed by atoms with Crippen molar-refractivity contribution < 1.29 is 4.42 Å². The normalized spacial score (nSPS) is 11.3. The quantitative estimate of drug-likeness (QED) is 0.891. The second kappa shape index (κ2) is 6.20. The Morgan fingerprint density at radius 1 is 1.50 bits per heavy atom. The zero-order valence-corrected chi connectivity index (χ0v) is 12.3. The van der Waals surface area contributed by atoms with Crippen molar-refractivity contribution in [2.45, 2.75) is 26.9 Å². The first kappa shape index (κ1) is 13.4. The van der Waals surface area contributed by atoms with Gasteiger partial charge in [0.05, 0.1) is 30.0 Å². The van der Waals surface area contributed by atoms with E-state index < -0.39 is 0 Å². The number of hydrogen-bond donors (Lipinski definition) is 1. The highest BCUT2D eigenvalue weighted by molar-refractivity contribution is 9.10. The standard InChI is InChI=1S/C13H18BrN3O/c1-10(2)5-15-7-13-11(3-4-18-13)8-17-9-12(14)6-16-17/h3-4,6,9-10,15H,5,7-8H2,1-2H3. The molecule has 2 rings (SSSR count). The van der Waals surface area contributed by atoms with Crippen LogP contribution in [-0.4, -0.2) is 16.3 Å². The number of nitrogens with zero attached hydrogens (tertiary/aromatic N) is 2. The molecule has 2 aromatic rings. The summed E-state index contributed by atoms with van der Waals surface area (Å²) in [5.74, 6) is 1.63. The summed E-state index contributed by atoms with van der Waals surface area (Å²) in [7, 11) is 0. The minimum absolute atomic E-state index is 0.644. The zero-order chi connectivity index (χ0) is 13.0. The molecule has 0 bridgehead atoms. The fourth-order valence-corrected chi connectivity index (χ4v) is 2.06. The van der Waals surface area contributed by atoms with E-state index in [2.05, 4.69) is 40.2 Å². The van der Waals surface area contributed by atoms with Gasteiger partial charge in [-0.3, -0.25) is 4.68 Å². The van der Waals surface area contributed by atoms with Crippen LogP contribution in [-0.2, 0) is 13.1 Å². The van der Waals surface area contributed by atoms with Crippen LogP contribution in [0.15, 0.2) is 33.6 Å². The molecule has 98 valence electrons. The molecular formula is C13H18BrN3O. The van der Waals surface area contributed by atoms with Crippen molar-refractivity contribution in [2.75, 3.05) is 6.54 Å². The first-order valence-electron chi connectivity index (χ1n) is 6.09. The topological polar surface area (TPSA) is 43.0 Å². The average Bonchev–Trinajstić information content (AvgIpc) is 2.89. The molecule has 5 heteroatoms. The van der Waals surface area contributed by atoms with E-state index in [1.807, 2.05) is 16.9 Å². The number of halogens is 1. The van der Waals surface area contributed by atoms with E-state index in [1.54, 1.807) is 12.5 Å². The van der Waals surface area contributed by atoms with E-state index >= 15 is 0 Å². The predicted octanol–water partition coefficient (Wildman–Crippen LogP) is 3.03. The molecule has 0 aliphatic heterocycles. The molecule has 0 unspecified atom stereocenters. The lowest BCUT2D eigenvalue weighted by molar-refractivity contribution is 0.458. The Bertz CT molecular complexity index is 490. The van der Waals surface area contributed by atoms with Gasteiger partial charge < -0.3 is 9.73 Å². The molecule has 0 aromatic carbocycles. The Kier molecular flexibility index (Phi) is 4.60. The molecule has 2 aromatic heterocycles. The van der Waals surface area contributed by atoms with Gasteiger partial charge in [-0.2, -0.15) is 5.10 Å². The number of aromatic nitrogens is 2. The maximum Gasteiger partial charge on any atom is 0.122 e. The molecule has 0 aliphatic carbocycles. The minimum atomic E-state index is 0.644. The Balaban J connectivity index is 1.95. The van der Waals surface area contributed by atoms with E-state index in [9.17, 15) is 0 Å². The van der Waals surface area contributed by atoms with Crippen LogP contribution in [0, 0.1) is 5.92 Å². The van der Waals surface area contributed by atoms with Gasteiger partial charge in [0.2, 0.25) is 0 Å². The van der Waals surface area contributed by atoms with Crippen molar-refractivity contribution in [1.82, 2.24) is 15.1 Å². The molecule has 0 spiro atoms. The molecule has 2 heterocycles. The summed E-state index contributed by atoms with van der Waals surface area (Å²) in [6, 6.07) is 2.00. The first-order chi connectivity index (χ1) is 8.65. The summed E-state index contributed by atoms with van der Waals surface area (Å²) in [5.41, 5.74) is 1.17. The van der Waals surface area contributed by atoms with Gasteiger partial charge in [0.1, 0.15) is 5.76 Å². The highest BCUT2D eigenvalue weighted by Crippen LogP contribution is 2.14. The van der Waals surface area contributed by atoms with E-state index in [4.69, 9.17) is 4.42 Å². The molecular weight excluding hydrogens is 294 g/mol. The van der Waals surface area contributed by atoms with Crippen LogP contribution >= 0.6 is 15.9 Å². The second-order valence-electron chi connectivity index (χ2n) is 4.75. The third-order valence-corrected chi connectivity index (χ3v) is 3.02. The fraction of sp³-hybridized carbons (Fsp3) is 0.462. The van der Waals surface area contributed by atoms with Crippen molar-refractivity contribution >= 4 is 15.9 Å². The van der Waals surface area contributed by atoms with Crippen LogP contribution in [0.3, 0.4) is 0 Å². The minimum Gasteiger partial charge on any atom is -0.468 e. The van der Waals surface area contributed by atoms with Crippen LogP contribution in [0.25, 0.3) is 0 Å². The molecule has 0 aliphatic rings. The van der Waals surface area contributed by atoms with Crippen molar-refractivity contribution in [1.29, 1.82) is 0 Å². The summed E-state index contributed by atoms with van der Waals surface area (Å²) >= 11 is 3.39. The predicted molar refractivity (Wildman–Crippen MR) is 74.3 cm³/mol. The lowest BCUT2D eigenvalue weighted by atomic mass is 10.2. The van der Waals surface area contributed by atoms with E-state index in [1.165, 1.54) is 5.56 Å². The van der Waals surface area contributed by atoms with Gasteiger partial charge in [-0.25, -0.2) is 0 Å². The van der Waals surface area contributed by atoms with E-state index in [-0.39, 0.29) is 0 Å². The Morgan fingerprint density at radius 2 is 2.33 bits per heavy atom. The Morgan fingerprint density at radius 3 is 3.00 bits per heavy atom. The summed E-state index contributed by atoms with van der Waals surface area (Å²) in [6.07, 6.45) is 5.48. The fourth-order valence-electron chi connectivity index (χ4n) is 1.74. The summed E-state index contributed by atoms with van der Waals surface area (Å²) < 4.78 is 8.39. The summed E-state index contributed by atoms with van der Waals surface area (Å²) in [6.45, 7) is 6.88. The van der Waals surface area contributed by atoms with Crippen LogP contribution in [0.5, 0.6) is 0 Å². The largest absolute Gasteiger partial charge is 0.468 e. The van der Waals surface area contributed by atoms with Gasteiger partial charge in [0.25, 0.3) is 0 Å². The third kappa shape index (κ3) is 3.71. The maximum atomic E-state index is 5.51. The van der Waals surface area contributed by atoms with Gasteiger partial charge in [0.15, 0.2) is 0 Å². The molecule has 1 N–H and O–H groups in total. The van der Waals surface area contributed by atoms with Gasteiger partial charge in [-0.05, 0) is 34.5 Å². The molecule has 0 radical (unpaired) electrons. The van der Waals surface area contributed by atoms with Crippen molar-refractivity contribution in [3.63, 3.8) is 0 Å². The number of furan rings is 1. The molecule has 0 saturated heterocycles. The lowest BCUT2D eigenvalue weighted by Gasteiger charge is -2.07. The van der Waals surface area contributed by atoms with Gasteiger partial charge in [-0.15, -0.1) is 0 Å². The van der Waals surface area contributed by atoms with Crippen LogP contribution in [0.1, 0.15) is 25.2 Å². The summed E-state index contributed by atoms with van der Waals surface area (Å²) in [5, 5.41) is 7.63. The van der Waals surface area contributed by atoms with Crippen molar-refractivity contribution in [3.8, 4) is 0 Å². The Labute approximate surface area is 115 Å². The average molecular weight is 312 g/mol. The maximum absolute atomic E-state index is 5.51. The van der Waals surface area contributed by atoms with Gasteiger partial charge in [0, 0.05) is 11.8 Å². The molecule has 0 atom stereocenters. The van der Waals surface area contributed by atoms with E-state index in [0.717, 1.165) is 29.9 Å². The SMILES string of the molecule is CC(C)CNCc1occc1Cn1cc(Br)cn1. The second-order valence-corrected chi connectivity index (χ2v) is 5.67. The number of nitrogens with one attached hydrogen (secondary N) is 1. The van der Waals surface area contributed by atoms with Crippen molar-refractivity contribution in [3.05, 3.63) is 40.5 Å². The van der Waals surface area contributed by atoms with Crippen LogP contribution in [0.2, 0.25) is 0 Å². The zero-order valence-electron chi connectivity index (χ0n) is 10.7. The monoisotopic (exact) mass is 311 g/mol. The molecule has 18 heavy (non-hydrogen) atoms. The van der Waals surface area contributed by atoms with Gasteiger partial charge >= 0.3 is 0 Å². The lowest BCUT2D eigenvalue weighted by Crippen LogP contribution is -2.19. The van der Waals surface area contributed by atoms with Gasteiger partial charge in [-0.1, -0.05) is 13.8 Å². The van der Waals surface area contributed by atoms with Crippen molar-refractivity contribution in [2.24, 2.45) is 5.92 Å². The third-order valence-electron chi connectivity index (χ3n) is 2.61. The Hall–Kier alpha value is -1.07. The van der Waals surface area contributed by atoms with E-state index in [0.29, 0.717) is 5.92 Å². The smallest absolute Gasteiger partial charge is 0.122 e. The first-order valence-corrected chi connectivity index (χ1v) is 6.88.